The van der Waals surface area contributed by atoms with E-state index in [-0.39, 0.29) is 11.8 Å². The Hall–Kier alpha value is -1.20. The molecule has 0 aliphatic carbocycles. The SMILES string of the molecule is CCCNN1CCC(C(=O)N2CC=C(C=O)CC2)CC1. The highest BCUT2D eigenvalue weighted by Crippen LogP contribution is 2.20. The van der Waals surface area contributed by atoms with Gasteiger partial charge in [-0.2, -0.15) is 0 Å². The predicted octanol–water partition coefficient (Wildman–Crippen LogP) is 0.971. The number of hydrogen-bond donors (Lipinski definition) is 1. The van der Waals surface area contributed by atoms with Crippen LogP contribution >= 0.6 is 0 Å². The Morgan fingerprint density at radius 3 is 2.70 bits per heavy atom. The molecule has 2 heterocycles. The fraction of sp³-hybridized carbons (Fsp3) is 0.733. The number of nitrogens with one attached hydrogen (secondary N) is 1. The van der Waals surface area contributed by atoms with Crippen LogP contribution in [0.25, 0.3) is 0 Å². The Bertz CT molecular complexity index is 373. The monoisotopic (exact) mass is 279 g/mol. The number of carbonyl (C=O) groups is 2. The molecule has 0 bridgehead atoms. The molecule has 0 aromatic rings. The van der Waals surface area contributed by atoms with E-state index in [0.29, 0.717) is 19.5 Å². The van der Waals surface area contributed by atoms with Gasteiger partial charge < -0.3 is 4.90 Å². The van der Waals surface area contributed by atoms with E-state index in [9.17, 15) is 9.59 Å². The number of hydrazine groups is 1. The van der Waals surface area contributed by atoms with Gasteiger partial charge in [0.05, 0.1) is 0 Å². The summed E-state index contributed by atoms with van der Waals surface area (Å²) >= 11 is 0. The van der Waals surface area contributed by atoms with Gasteiger partial charge in [0.15, 0.2) is 0 Å². The molecular formula is C15H25N3O2. The zero-order valence-electron chi connectivity index (χ0n) is 12.3. The number of hydrogen-bond acceptors (Lipinski definition) is 4. The third-order valence-electron chi connectivity index (χ3n) is 4.14. The molecule has 1 fully saturated rings. The number of rotatable bonds is 5. The molecule has 112 valence electrons. The van der Waals surface area contributed by atoms with E-state index >= 15 is 0 Å². The van der Waals surface area contributed by atoms with Gasteiger partial charge in [0.1, 0.15) is 6.29 Å². The Labute approximate surface area is 121 Å². The highest BCUT2D eigenvalue weighted by molar-refractivity contribution is 5.80. The van der Waals surface area contributed by atoms with Crippen molar-refractivity contribution in [2.75, 3.05) is 32.7 Å². The van der Waals surface area contributed by atoms with Crippen LogP contribution in [-0.2, 0) is 9.59 Å². The van der Waals surface area contributed by atoms with Gasteiger partial charge in [-0.3, -0.25) is 15.0 Å². The van der Waals surface area contributed by atoms with E-state index in [0.717, 1.165) is 50.8 Å². The van der Waals surface area contributed by atoms with Crippen LogP contribution in [0.3, 0.4) is 0 Å². The lowest BCUT2D eigenvalue weighted by molar-refractivity contribution is -0.137. The molecule has 0 unspecified atom stereocenters. The van der Waals surface area contributed by atoms with Crippen LogP contribution < -0.4 is 5.43 Å². The molecule has 1 saturated heterocycles. The number of amides is 1. The average molecular weight is 279 g/mol. The summed E-state index contributed by atoms with van der Waals surface area (Å²) in [6.07, 6.45) is 6.46. The minimum Gasteiger partial charge on any atom is -0.338 e. The molecule has 0 atom stereocenters. The summed E-state index contributed by atoms with van der Waals surface area (Å²) in [5.41, 5.74) is 4.21. The van der Waals surface area contributed by atoms with Crippen molar-refractivity contribution in [3.05, 3.63) is 11.6 Å². The van der Waals surface area contributed by atoms with Gasteiger partial charge in [0.25, 0.3) is 0 Å². The van der Waals surface area contributed by atoms with Crippen molar-refractivity contribution in [2.45, 2.75) is 32.6 Å². The van der Waals surface area contributed by atoms with Gasteiger partial charge >= 0.3 is 0 Å². The quantitative estimate of drug-likeness (QED) is 0.762. The Morgan fingerprint density at radius 2 is 2.15 bits per heavy atom. The number of nitrogens with zero attached hydrogens (tertiary/aromatic N) is 2. The number of carbonyl (C=O) groups excluding carboxylic acids is 2. The van der Waals surface area contributed by atoms with E-state index in [2.05, 4.69) is 17.4 Å². The maximum atomic E-state index is 12.4. The molecule has 2 rings (SSSR count). The van der Waals surface area contributed by atoms with E-state index in [4.69, 9.17) is 0 Å². The average Bonchev–Trinajstić information content (AvgIpc) is 2.53. The van der Waals surface area contributed by atoms with E-state index in [1.54, 1.807) is 0 Å². The molecule has 0 aromatic carbocycles. The first-order valence-corrected chi connectivity index (χ1v) is 7.66. The van der Waals surface area contributed by atoms with Crippen LogP contribution in [-0.4, -0.2) is 54.8 Å². The van der Waals surface area contributed by atoms with Crippen LogP contribution in [0.15, 0.2) is 11.6 Å². The van der Waals surface area contributed by atoms with Crippen molar-refractivity contribution >= 4 is 12.2 Å². The molecule has 0 spiro atoms. The normalized spacial score (nSPS) is 21.6. The van der Waals surface area contributed by atoms with Crippen LogP contribution in [0, 0.1) is 5.92 Å². The summed E-state index contributed by atoms with van der Waals surface area (Å²) in [5.74, 6) is 0.419. The third kappa shape index (κ3) is 3.90. The van der Waals surface area contributed by atoms with Gasteiger partial charge in [0.2, 0.25) is 5.91 Å². The lowest BCUT2D eigenvalue weighted by Crippen LogP contribution is -2.48. The molecule has 1 N–H and O–H groups in total. The predicted molar refractivity (Wildman–Crippen MR) is 77.9 cm³/mol. The molecule has 5 nitrogen and oxygen atoms in total. The van der Waals surface area contributed by atoms with E-state index in [1.807, 2.05) is 11.0 Å². The molecular weight excluding hydrogens is 254 g/mol. The van der Waals surface area contributed by atoms with Crippen LogP contribution in [0.2, 0.25) is 0 Å². The largest absolute Gasteiger partial charge is 0.338 e. The first-order chi connectivity index (χ1) is 9.74. The minimum atomic E-state index is 0.154. The first kappa shape index (κ1) is 15.2. The summed E-state index contributed by atoms with van der Waals surface area (Å²) in [7, 11) is 0. The Morgan fingerprint density at radius 1 is 1.40 bits per heavy atom. The molecule has 0 saturated carbocycles. The molecule has 2 aliphatic heterocycles. The minimum absolute atomic E-state index is 0.154. The topological polar surface area (TPSA) is 52.7 Å². The highest BCUT2D eigenvalue weighted by Gasteiger charge is 2.28. The van der Waals surface area contributed by atoms with Gasteiger partial charge in [-0.15, -0.1) is 0 Å². The van der Waals surface area contributed by atoms with E-state index in [1.165, 1.54) is 0 Å². The second-order valence-electron chi connectivity index (χ2n) is 5.60. The maximum absolute atomic E-state index is 12.4. The molecule has 20 heavy (non-hydrogen) atoms. The van der Waals surface area contributed by atoms with Crippen molar-refractivity contribution < 1.29 is 9.59 Å². The number of aldehydes is 1. The second-order valence-corrected chi connectivity index (χ2v) is 5.60. The van der Waals surface area contributed by atoms with Crippen LogP contribution in [0.4, 0.5) is 0 Å². The van der Waals surface area contributed by atoms with E-state index < -0.39 is 0 Å². The Kier molecular flexibility index (Phi) is 5.73. The van der Waals surface area contributed by atoms with Gasteiger partial charge in [0, 0.05) is 38.6 Å². The zero-order chi connectivity index (χ0) is 14.4. The first-order valence-electron chi connectivity index (χ1n) is 7.66. The fourth-order valence-corrected chi connectivity index (χ4v) is 2.80. The fourth-order valence-electron chi connectivity index (χ4n) is 2.80. The summed E-state index contributed by atoms with van der Waals surface area (Å²) in [4.78, 5) is 25.0. The lowest BCUT2D eigenvalue weighted by atomic mass is 9.95. The number of piperidine rings is 1. The molecule has 1 amide bonds. The molecule has 5 heteroatoms. The van der Waals surface area contributed by atoms with Gasteiger partial charge in [-0.25, -0.2) is 5.01 Å². The van der Waals surface area contributed by atoms with Crippen molar-refractivity contribution in [3.8, 4) is 0 Å². The molecule has 0 aromatic heterocycles. The van der Waals surface area contributed by atoms with Crippen LogP contribution in [0.5, 0.6) is 0 Å². The smallest absolute Gasteiger partial charge is 0.226 e. The molecule has 2 aliphatic rings. The maximum Gasteiger partial charge on any atom is 0.226 e. The standard InChI is InChI=1S/C15H25N3O2/c1-2-7-16-18-10-5-14(6-11-18)15(20)17-8-3-13(12-19)4-9-17/h3,12,14,16H,2,4-11H2,1H3. The lowest BCUT2D eigenvalue weighted by Gasteiger charge is -2.35. The summed E-state index contributed by atoms with van der Waals surface area (Å²) in [6.45, 7) is 6.34. The third-order valence-corrected chi connectivity index (χ3v) is 4.14. The summed E-state index contributed by atoms with van der Waals surface area (Å²) in [6, 6.07) is 0. The van der Waals surface area contributed by atoms with Crippen LogP contribution in [0.1, 0.15) is 32.6 Å². The highest BCUT2D eigenvalue weighted by atomic mass is 16.2. The molecule has 0 radical (unpaired) electrons. The zero-order valence-corrected chi connectivity index (χ0v) is 12.3. The summed E-state index contributed by atoms with van der Waals surface area (Å²) < 4.78 is 0. The summed E-state index contributed by atoms with van der Waals surface area (Å²) in [5, 5.41) is 2.23. The van der Waals surface area contributed by atoms with Gasteiger partial charge in [-0.1, -0.05) is 13.0 Å². The van der Waals surface area contributed by atoms with Crippen molar-refractivity contribution in [3.63, 3.8) is 0 Å². The van der Waals surface area contributed by atoms with Gasteiger partial charge in [-0.05, 0) is 31.3 Å². The van der Waals surface area contributed by atoms with Crippen molar-refractivity contribution in [1.82, 2.24) is 15.3 Å². The van der Waals surface area contributed by atoms with Crippen molar-refractivity contribution in [2.24, 2.45) is 5.92 Å². The second kappa shape index (κ2) is 7.55. The van der Waals surface area contributed by atoms with Crippen molar-refractivity contribution in [1.29, 1.82) is 0 Å². The Balaban J connectivity index is 1.77.